The fourth-order valence-corrected chi connectivity index (χ4v) is 15.1. The highest BCUT2D eigenvalue weighted by atomic mass is 32.2. The third-order valence-electron chi connectivity index (χ3n) is 17.4. The van der Waals surface area contributed by atoms with Crippen LogP contribution in [-0.2, 0) is 5.41 Å². The number of para-hydroxylation sites is 1. The van der Waals surface area contributed by atoms with E-state index in [1.54, 1.807) is 0 Å². The van der Waals surface area contributed by atoms with Crippen molar-refractivity contribution in [3.63, 3.8) is 0 Å². The zero-order valence-corrected chi connectivity index (χ0v) is 45.8. The van der Waals surface area contributed by atoms with Crippen molar-refractivity contribution in [2.75, 3.05) is 4.90 Å². The second-order valence-corrected chi connectivity index (χ2v) is 22.9. The topological polar surface area (TPSA) is 3.24 Å². The molecule has 0 saturated heterocycles. The Balaban J connectivity index is 1.10. The van der Waals surface area contributed by atoms with Gasteiger partial charge in [0.05, 0.1) is 11.1 Å². The quantitative estimate of drug-likeness (QED) is 0.133. The Kier molecular flexibility index (Phi) is 11.5. The summed E-state index contributed by atoms with van der Waals surface area (Å²) in [5, 5.41) is 0. The number of rotatable bonds is 9. The van der Waals surface area contributed by atoms with E-state index in [4.69, 9.17) is 0 Å². The molecule has 0 saturated carbocycles. The molecule has 16 rings (SSSR count). The molecule has 0 bridgehead atoms. The fraction of sp³-hybridized carbons (Fsp3) is 0.0127. The van der Waals surface area contributed by atoms with Gasteiger partial charge in [-0.2, -0.15) is 0 Å². The van der Waals surface area contributed by atoms with E-state index in [1.807, 2.05) is 11.8 Å². The molecule has 82 heavy (non-hydrogen) atoms. The molecule has 3 aliphatic rings. The maximum absolute atomic E-state index is 2.70. The van der Waals surface area contributed by atoms with Gasteiger partial charge in [-0.1, -0.05) is 308 Å². The van der Waals surface area contributed by atoms with E-state index in [9.17, 15) is 0 Å². The van der Waals surface area contributed by atoms with Crippen LogP contribution in [0.15, 0.2) is 325 Å². The van der Waals surface area contributed by atoms with Crippen molar-refractivity contribution in [2.24, 2.45) is 0 Å². The minimum absolute atomic E-state index is 0.152. The Morgan fingerprint density at radius 2 is 0.646 bits per heavy atom. The molecule has 2 aliphatic heterocycles. The molecule has 0 spiro atoms. The standard InChI is InChI=1S/C79H52BNS/c1-8-27-53(28-9-1)61-43-26-44-62(54-29-10-2-11-30-54)78(61)81-73-51-67(57-35-16-5-17-36-57)65(55-31-12-3-13-32-55)49-71(73)80-72-50-66(56-33-14-4-15-34-56)68(58-37-18-6-19-38-58)52-75(72)82-76-48-60(47-74(81)77(76)80)79(59-39-20-7-21-40-59)69-45-24-22-41-63(69)64-42-23-25-46-70(64)79/h1-52H. The van der Waals surface area contributed by atoms with E-state index in [0.29, 0.717) is 0 Å². The van der Waals surface area contributed by atoms with Crippen molar-refractivity contribution >= 4 is 51.9 Å². The van der Waals surface area contributed by atoms with Crippen molar-refractivity contribution in [1.82, 2.24) is 0 Å². The Labute approximate surface area is 484 Å². The summed E-state index contributed by atoms with van der Waals surface area (Å²) in [6.07, 6.45) is 0. The molecule has 0 fully saturated rings. The maximum atomic E-state index is 2.70. The van der Waals surface area contributed by atoms with E-state index >= 15 is 0 Å². The first-order valence-electron chi connectivity index (χ1n) is 28.4. The molecule has 13 aromatic carbocycles. The molecule has 1 aliphatic carbocycles. The van der Waals surface area contributed by atoms with Crippen molar-refractivity contribution in [3.8, 4) is 77.9 Å². The first-order valence-corrected chi connectivity index (χ1v) is 29.2. The van der Waals surface area contributed by atoms with Crippen LogP contribution in [0.4, 0.5) is 17.1 Å². The Morgan fingerprint density at radius 3 is 1.12 bits per heavy atom. The third-order valence-corrected chi connectivity index (χ3v) is 18.5. The SMILES string of the molecule is c1ccc(-c2cc3c(cc2-c2ccccc2)B2c4cc(-c5ccccc5)c(-c5ccccc5)cc4N(c4c(-c5ccccc5)cccc4-c4ccccc4)c4cc(C5(c6ccccc6)c6ccccc6-c6ccccc65)cc(c42)S3)cc1. The third kappa shape index (κ3) is 7.58. The molecule has 0 aromatic heterocycles. The average molecular weight is 1060 g/mol. The lowest BCUT2D eigenvalue weighted by atomic mass is 9.34. The highest BCUT2D eigenvalue weighted by Gasteiger charge is 2.49. The smallest absolute Gasteiger partial charge is 0.249 e. The van der Waals surface area contributed by atoms with Gasteiger partial charge < -0.3 is 4.90 Å². The summed E-state index contributed by atoms with van der Waals surface area (Å²) in [5.41, 5.74) is 28.6. The van der Waals surface area contributed by atoms with Crippen LogP contribution in [-0.4, -0.2) is 6.71 Å². The molecule has 0 unspecified atom stereocenters. The minimum atomic E-state index is -0.664. The number of benzene rings is 13. The van der Waals surface area contributed by atoms with Crippen molar-refractivity contribution in [3.05, 3.63) is 338 Å². The van der Waals surface area contributed by atoms with Crippen LogP contribution < -0.4 is 21.3 Å². The first-order chi connectivity index (χ1) is 40.7. The van der Waals surface area contributed by atoms with Crippen LogP contribution in [0.25, 0.3) is 77.9 Å². The van der Waals surface area contributed by atoms with Gasteiger partial charge >= 0.3 is 0 Å². The largest absolute Gasteiger partial charge is 0.310 e. The number of hydrogen-bond donors (Lipinski definition) is 0. The lowest BCUT2D eigenvalue weighted by Gasteiger charge is -2.44. The molecule has 1 nitrogen and oxygen atoms in total. The summed E-state index contributed by atoms with van der Waals surface area (Å²) < 4.78 is 0. The predicted octanol–water partition coefficient (Wildman–Crippen LogP) is 18.8. The monoisotopic (exact) mass is 1060 g/mol. The van der Waals surface area contributed by atoms with Gasteiger partial charge in [0, 0.05) is 32.3 Å². The summed E-state index contributed by atoms with van der Waals surface area (Å²) in [4.78, 5) is 5.23. The highest BCUT2D eigenvalue weighted by Crippen LogP contribution is 2.59. The zero-order chi connectivity index (χ0) is 54.1. The van der Waals surface area contributed by atoms with E-state index in [1.165, 1.54) is 110 Å². The fourth-order valence-electron chi connectivity index (χ4n) is 13.9. The second kappa shape index (κ2) is 19.7. The summed E-state index contributed by atoms with van der Waals surface area (Å²) in [5.74, 6) is 0. The van der Waals surface area contributed by atoms with Gasteiger partial charge in [-0.15, -0.1) is 0 Å². The van der Waals surface area contributed by atoms with E-state index < -0.39 is 5.41 Å². The van der Waals surface area contributed by atoms with Crippen LogP contribution in [0.5, 0.6) is 0 Å². The molecule has 3 heteroatoms. The number of fused-ring (bicyclic) bond motifs is 7. The van der Waals surface area contributed by atoms with Gasteiger partial charge in [-0.05, 0) is 124 Å². The predicted molar refractivity (Wildman–Crippen MR) is 346 cm³/mol. The molecule has 0 radical (unpaired) electrons. The molecular formula is C79H52BNS. The maximum Gasteiger partial charge on any atom is 0.249 e. The summed E-state index contributed by atoms with van der Waals surface area (Å²) in [6.45, 7) is -0.152. The normalized spacial score (nSPS) is 13.1. The summed E-state index contributed by atoms with van der Waals surface area (Å²) in [6, 6.07) is 118. The molecular weight excluding hydrogens is 1010 g/mol. The molecule has 382 valence electrons. The van der Waals surface area contributed by atoms with Crippen LogP contribution in [0, 0.1) is 0 Å². The number of hydrogen-bond acceptors (Lipinski definition) is 2. The van der Waals surface area contributed by atoms with Gasteiger partial charge in [0.1, 0.15) is 0 Å². The van der Waals surface area contributed by atoms with Gasteiger partial charge in [0.2, 0.25) is 6.71 Å². The second-order valence-electron chi connectivity index (χ2n) is 21.8. The average Bonchev–Trinajstić information content (AvgIpc) is 2.09. The van der Waals surface area contributed by atoms with E-state index in [-0.39, 0.29) is 6.71 Å². The molecule has 2 heterocycles. The summed E-state index contributed by atoms with van der Waals surface area (Å²) >= 11 is 1.94. The van der Waals surface area contributed by atoms with Crippen LogP contribution >= 0.6 is 11.8 Å². The molecule has 0 amide bonds. The van der Waals surface area contributed by atoms with Crippen molar-refractivity contribution in [2.45, 2.75) is 15.2 Å². The van der Waals surface area contributed by atoms with Gasteiger partial charge in [0.25, 0.3) is 0 Å². The number of nitrogens with zero attached hydrogens (tertiary/aromatic N) is 1. The molecule has 0 atom stereocenters. The first kappa shape index (κ1) is 48.0. The van der Waals surface area contributed by atoms with Crippen molar-refractivity contribution < 1.29 is 0 Å². The molecule has 0 N–H and O–H groups in total. The van der Waals surface area contributed by atoms with E-state index in [0.717, 1.165) is 33.6 Å². The summed E-state index contributed by atoms with van der Waals surface area (Å²) in [7, 11) is 0. The lowest BCUT2D eigenvalue weighted by Crippen LogP contribution is -2.60. The minimum Gasteiger partial charge on any atom is -0.310 e. The van der Waals surface area contributed by atoms with Crippen LogP contribution in [0.3, 0.4) is 0 Å². The van der Waals surface area contributed by atoms with Crippen molar-refractivity contribution in [1.29, 1.82) is 0 Å². The van der Waals surface area contributed by atoms with E-state index in [2.05, 4.69) is 320 Å². The Hall–Kier alpha value is -9.93. The van der Waals surface area contributed by atoms with Gasteiger partial charge in [0.15, 0.2) is 0 Å². The van der Waals surface area contributed by atoms with Crippen LogP contribution in [0.1, 0.15) is 22.3 Å². The van der Waals surface area contributed by atoms with Crippen LogP contribution in [0.2, 0.25) is 0 Å². The Morgan fingerprint density at radius 1 is 0.268 bits per heavy atom. The lowest BCUT2D eigenvalue weighted by molar-refractivity contribution is 0.766. The van der Waals surface area contributed by atoms with Gasteiger partial charge in [-0.25, -0.2) is 0 Å². The number of anilines is 3. The Bertz CT molecular complexity index is 4460. The highest BCUT2D eigenvalue weighted by molar-refractivity contribution is 8.00. The zero-order valence-electron chi connectivity index (χ0n) is 45.0. The molecule has 13 aromatic rings. The van der Waals surface area contributed by atoms with Gasteiger partial charge in [-0.3, -0.25) is 0 Å².